The highest BCUT2D eigenvalue weighted by Crippen LogP contribution is 2.26. The number of aromatic nitrogens is 1. The molecule has 0 saturated heterocycles. The van der Waals surface area contributed by atoms with E-state index in [0.717, 1.165) is 16.6 Å². The number of likely N-dealkylation sites (N-methyl/N-ethyl adjacent to an activating group) is 1. The molecule has 0 aliphatic carbocycles. The summed E-state index contributed by atoms with van der Waals surface area (Å²) < 4.78 is 7.49. The second-order valence-electron chi connectivity index (χ2n) is 7.01. The minimum Gasteiger partial charge on any atom is -0.444 e. The molecule has 1 aromatic carbocycles. The molecule has 0 bridgehead atoms. The first-order valence-corrected chi connectivity index (χ1v) is 8.70. The highest BCUT2D eigenvalue weighted by atomic mass is 35.5. The highest BCUT2D eigenvalue weighted by Gasteiger charge is 2.21. The van der Waals surface area contributed by atoms with E-state index in [1.54, 1.807) is 11.0 Å². The van der Waals surface area contributed by atoms with Crippen molar-refractivity contribution in [2.45, 2.75) is 39.7 Å². The van der Waals surface area contributed by atoms with E-state index >= 15 is 0 Å². The Morgan fingerprint density at radius 3 is 2.60 bits per heavy atom. The van der Waals surface area contributed by atoms with Crippen molar-refractivity contribution in [3.05, 3.63) is 34.5 Å². The largest absolute Gasteiger partial charge is 0.444 e. The van der Waals surface area contributed by atoms with E-state index in [2.05, 4.69) is 6.07 Å². The van der Waals surface area contributed by atoms with E-state index in [-0.39, 0.29) is 6.09 Å². The first-order chi connectivity index (χ1) is 11.7. The Morgan fingerprint density at radius 1 is 1.36 bits per heavy atom. The van der Waals surface area contributed by atoms with Gasteiger partial charge in [0.2, 0.25) is 0 Å². The molecule has 5 nitrogen and oxygen atoms in total. The molecular formula is C19H24ClN3O2. The van der Waals surface area contributed by atoms with E-state index in [1.165, 1.54) is 0 Å². The molecule has 1 aromatic heterocycles. The van der Waals surface area contributed by atoms with Crippen LogP contribution in [0.4, 0.5) is 4.79 Å². The number of nitriles is 1. The molecule has 0 atom stereocenters. The van der Waals surface area contributed by atoms with Gasteiger partial charge in [-0.25, -0.2) is 4.79 Å². The molecule has 134 valence electrons. The zero-order valence-electron chi connectivity index (χ0n) is 15.4. The van der Waals surface area contributed by atoms with Crippen LogP contribution >= 0.6 is 11.6 Å². The third kappa shape index (κ3) is 4.46. The third-order valence-electron chi connectivity index (χ3n) is 4.02. The maximum Gasteiger partial charge on any atom is 0.410 e. The van der Waals surface area contributed by atoms with Crippen LogP contribution in [0, 0.1) is 11.3 Å². The van der Waals surface area contributed by atoms with E-state index in [4.69, 9.17) is 21.6 Å². The Kier molecular flexibility index (Phi) is 5.64. The maximum absolute atomic E-state index is 12.2. The number of nitrogens with zero attached hydrogens (tertiary/aromatic N) is 3. The average Bonchev–Trinajstić information content (AvgIpc) is 2.81. The minimum atomic E-state index is -0.505. The van der Waals surface area contributed by atoms with Crippen LogP contribution in [-0.2, 0) is 18.2 Å². The molecular weight excluding hydrogens is 338 g/mol. The molecule has 2 aromatic rings. The van der Waals surface area contributed by atoms with Gasteiger partial charge < -0.3 is 14.2 Å². The summed E-state index contributed by atoms with van der Waals surface area (Å²) in [7, 11) is 1.96. The van der Waals surface area contributed by atoms with Crippen LogP contribution in [0.2, 0.25) is 5.02 Å². The summed E-state index contributed by atoms with van der Waals surface area (Å²) in [6.45, 7) is 8.67. The summed E-state index contributed by atoms with van der Waals surface area (Å²) in [5.41, 5.74) is 2.01. The molecule has 25 heavy (non-hydrogen) atoms. The van der Waals surface area contributed by atoms with Crippen molar-refractivity contribution in [3.8, 4) is 6.07 Å². The number of halogens is 1. The van der Waals surface area contributed by atoms with Crippen LogP contribution in [0.15, 0.2) is 18.2 Å². The van der Waals surface area contributed by atoms with Crippen LogP contribution in [0.1, 0.15) is 39.0 Å². The second kappa shape index (κ2) is 7.37. The molecule has 0 fully saturated rings. The van der Waals surface area contributed by atoms with Gasteiger partial charge in [0.05, 0.1) is 10.6 Å². The number of amides is 1. The molecule has 0 radical (unpaired) electrons. The Bertz CT molecular complexity index is 828. The summed E-state index contributed by atoms with van der Waals surface area (Å²) in [5.74, 6) is 0. The lowest BCUT2D eigenvalue weighted by Crippen LogP contribution is -2.38. The van der Waals surface area contributed by atoms with Crippen molar-refractivity contribution >= 4 is 28.6 Å². The summed E-state index contributed by atoms with van der Waals surface area (Å²) in [6, 6.07) is 7.75. The number of rotatable bonds is 4. The molecule has 0 aliphatic heterocycles. The molecule has 0 unspecified atom stereocenters. The van der Waals surface area contributed by atoms with Crippen molar-refractivity contribution in [1.29, 1.82) is 5.26 Å². The van der Waals surface area contributed by atoms with Crippen molar-refractivity contribution in [1.82, 2.24) is 9.47 Å². The number of carbonyl (C=O) groups is 1. The third-order valence-corrected chi connectivity index (χ3v) is 4.34. The van der Waals surface area contributed by atoms with Crippen LogP contribution in [0.25, 0.3) is 10.9 Å². The van der Waals surface area contributed by atoms with Gasteiger partial charge in [-0.15, -0.1) is 0 Å². The average molecular weight is 362 g/mol. The lowest BCUT2D eigenvalue weighted by Gasteiger charge is -2.26. The molecule has 6 heteroatoms. The van der Waals surface area contributed by atoms with Gasteiger partial charge in [0.1, 0.15) is 11.7 Å². The monoisotopic (exact) mass is 361 g/mol. The number of ether oxygens (including phenoxy) is 1. The highest BCUT2D eigenvalue weighted by molar-refractivity contribution is 6.32. The normalized spacial score (nSPS) is 11.4. The van der Waals surface area contributed by atoms with Gasteiger partial charge in [-0.1, -0.05) is 11.6 Å². The SMILES string of the molecule is CCN(CCc1cc2cc(C#N)c(Cl)cc2n1C)C(=O)OC(C)(C)C. The number of hydrogen-bond donors (Lipinski definition) is 0. The van der Waals surface area contributed by atoms with E-state index in [1.807, 2.05) is 51.4 Å². The fourth-order valence-electron chi connectivity index (χ4n) is 2.70. The first-order valence-electron chi connectivity index (χ1n) is 8.32. The predicted octanol–water partition coefficient (Wildman–Crippen LogP) is 4.50. The fraction of sp³-hybridized carbons (Fsp3) is 0.474. The lowest BCUT2D eigenvalue weighted by atomic mass is 10.1. The zero-order chi connectivity index (χ0) is 18.8. The fourth-order valence-corrected chi connectivity index (χ4v) is 2.90. The van der Waals surface area contributed by atoms with Gasteiger partial charge in [0.15, 0.2) is 0 Å². The van der Waals surface area contributed by atoms with Gasteiger partial charge in [-0.05, 0) is 45.9 Å². The van der Waals surface area contributed by atoms with Crippen molar-refractivity contribution in [2.75, 3.05) is 13.1 Å². The maximum atomic E-state index is 12.2. The van der Waals surface area contributed by atoms with Gasteiger partial charge in [-0.3, -0.25) is 0 Å². The summed E-state index contributed by atoms with van der Waals surface area (Å²) in [5, 5.41) is 10.5. The number of aryl methyl sites for hydroxylation is 1. The number of carbonyl (C=O) groups excluding carboxylic acids is 1. The number of fused-ring (bicyclic) bond motifs is 1. The number of hydrogen-bond acceptors (Lipinski definition) is 3. The molecule has 0 saturated carbocycles. The van der Waals surface area contributed by atoms with Gasteiger partial charge >= 0.3 is 6.09 Å². The van der Waals surface area contributed by atoms with E-state index < -0.39 is 5.60 Å². The van der Waals surface area contributed by atoms with Crippen LogP contribution in [0.5, 0.6) is 0 Å². The van der Waals surface area contributed by atoms with Crippen LogP contribution < -0.4 is 0 Å². The van der Waals surface area contributed by atoms with Crippen molar-refractivity contribution in [3.63, 3.8) is 0 Å². The van der Waals surface area contributed by atoms with Gasteiger partial charge in [0, 0.05) is 43.2 Å². The Balaban J connectivity index is 2.18. The predicted molar refractivity (Wildman–Crippen MR) is 99.8 cm³/mol. The van der Waals surface area contributed by atoms with Crippen LogP contribution in [0.3, 0.4) is 0 Å². The molecule has 0 N–H and O–H groups in total. The van der Waals surface area contributed by atoms with E-state index in [9.17, 15) is 4.79 Å². The lowest BCUT2D eigenvalue weighted by molar-refractivity contribution is 0.0262. The summed E-state index contributed by atoms with van der Waals surface area (Å²) >= 11 is 6.13. The number of benzene rings is 1. The minimum absolute atomic E-state index is 0.302. The zero-order valence-corrected chi connectivity index (χ0v) is 16.1. The molecule has 0 spiro atoms. The second-order valence-corrected chi connectivity index (χ2v) is 7.41. The summed E-state index contributed by atoms with van der Waals surface area (Å²) in [4.78, 5) is 13.9. The standard InChI is InChI=1S/C19H24ClN3O2/c1-6-23(18(24)25-19(2,3)4)8-7-15-10-13-9-14(12-21)16(20)11-17(13)22(15)5/h9-11H,6-8H2,1-5H3. The van der Waals surface area contributed by atoms with Crippen molar-refractivity contribution < 1.29 is 9.53 Å². The smallest absolute Gasteiger partial charge is 0.410 e. The summed E-state index contributed by atoms with van der Waals surface area (Å²) in [6.07, 6.45) is 0.390. The molecule has 0 aliphatic rings. The van der Waals surface area contributed by atoms with Crippen LogP contribution in [-0.4, -0.2) is 34.3 Å². The van der Waals surface area contributed by atoms with Gasteiger partial charge in [-0.2, -0.15) is 5.26 Å². The molecule has 1 heterocycles. The Hall–Kier alpha value is -2.19. The topological polar surface area (TPSA) is 58.3 Å². The quantitative estimate of drug-likeness (QED) is 0.805. The van der Waals surface area contributed by atoms with Gasteiger partial charge in [0.25, 0.3) is 0 Å². The first kappa shape index (κ1) is 19.1. The van der Waals surface area contributed by atoms with E-state index in [0.29, 0.717) is 30.1 Å². The Morgan fingerprint density at radius 2 is 2.04 bits per heavy atom. The van der Waals surface area contributed by atoms with Crippen molar-refractivity contribution in [2.24, 2.45) is 7.05 Å². The Labute approximate surface area is 153 Å². The molecule has 2 rings (SSSR count). The molecule has 1 amide bonds.